The molecule has 38 heavy (non-hydrogen) atoms. The topological polar surface area (TPSA) is 130 Å². The fourth-order valence-electron chi connectivity index (χ4n) is 4.08. The van der Waals surface area contributed by atoms with Gasteiger partial charge >= 0.3 is 0 Å². The third-order valence-electron chi connectivity index (χ3n) is 5.93. The summed E-state index contributed by atoms with van der Waals surface area (Å²) < 4.78 is 12.3. The van der Waals surface area contributed by atoms with Crippen LogP contribution in [-0.2, 0) is 29.6 Å². The molecule has 2 amide bonds. The monoisotopic (exact) mass is 520 g/mol. The van der Waals surface area contributed by atoms with E-state index in [2.05, 4.69) is 21.0 Å². The van der Waals surface area contributed by atoms with Gasteiger partial charge in [0.1, 0.15) is 6.04 Å². The van der Waals surface area contributed by atoms with Gasteiger partial charge in [0, 0.05) is 25.4 Å². The number of methoxy groups -OCH3 is 2. The third-order valence-corrected chi connectivity index (χ3v) is 5.93. The summed E-state index contributed by atoms with van der Waals surface area (Å²) in [6, 6.07) is 14.4. The van der Waals surface area contributed by atoms with E-state index >= 15 is 0 Å². The average Bonchev–Trinajstić information content (AvgIpc) is 3.32. The zero-order chi connectivity index (χ0) is 27.7. The highest BCUT2D eigenvalue weighted by Crippen LogP contribution is 2.27. The van der Waals surface area contributed by atoms with E-state index in [-0.39, 0.29) is 30.1 Å². The number of carbonyl (C=O) groups excluding carboxylic acids is 2. The summed E-state index contributed by atoms with van der Waals surface area (Å²) in [5.41, 5.74) is 3.64. The van der Waals surface area contributed by atoms with E-state index in [0.717, 1.165) is 16.8 Å². The summed E-state index contributed by atoms with van der Waals surface area (Å²) >= 11 is 0. The first-order valence-electron chi connectivity index (χ1n) is 12.4. The molecule has 0 aliphatic carbocycles. The van der Waals surface area contributed by atoms with Crippen molar-refractivity contribution in [2.75, 3.05) is 14.2 Å². The first kappa shape index (κ1) is 28.2. The van der Waals surface area contributed by atoms with Crippen LogP contribution in [-0.4, -0.2) is 47.8 Å². The van der Waals surface area contributed by atoms with E-state index in [9.17, 15) is 9.59 Å². The van der Waals surface area contributed by atoms with Crippen LogP contribution >= 0.6 is 0 Å². The molecule has 10 nitrogen and oxygen atoms in total. The summed E-state index contributed by atoms with van der Waals surface area (Å²) in [6.07, 6.45) is 2.28. The summed E-state index contributed by atoms with van der Waals surface area (Å²) in [6.45, 7) is 4.33. The minimum Gasteiger partial charge on any atom is -0.493 e. The van der Waals surface area contributed by atoms with E-state index in [1.165, 1.54) is 7.11 Å². The Morgan fingerprint density at radius 3 is 2.45 bits per heavy atom. The number of aromatic nitrogens is 2. The van der Waals surface area contributed by atoms with E-state index in [4.69, 9.17) is 14.9 Å². The van der Waals surface area contributed by atoms with Gasteiger partial charge < -0.3 is 20.1 Å². The molecule has 202 valence electrons. The largest absolute Gasteiger partial charge is 0.493 e. The minimum atomic E-state index is -0.677. The minimum absolute atomic E-state index is 0.0401. The second-order valence-electron chi connectivity index (χ2n) is 9.37. The Labute approximate surface area is 223 Å². The SMILES string of the molecule is COc1ccc(CC(=O)NC(=N)N[C@H](CC(C)C)C(=O)NCc2cccc(-c3ccnn3C)c2)cc1OC. The molecule has 0 unspecified atom stereocenters. The molecule has 0 aliphatic rings. The van der Waals surface area contributed by atoms with Gasteiger partial charge in [0.2, 0.25) is 11.8 Å². The van der Waals surface area contributed by atoms with Crippen LogP contribution in [0.1, 0.15) is 31.4 Å². The molecular weight excluding hydrogens is 484 g/mol. The van der Waals surface area contributed by atoms with E-state index in [0.29, 0.717) is 30.0 Å². The Balaban J connectivity index is 1.57. The number of guanidine groups is 1. The molecule has 0 fully saturated rings. The highest BCUT2D eigenvalue weighted by molar-refractivity contribution is 5.98. The van der Waals surface area contributed by atoms with Crippen molar-refractivity contribution in [3.63, 3.8) is 0 Å². The van der Waals surface area contributed by atoms with Gasteiger partial charge in [-0.3, -0.25) is 25.0 Å². The highest BCUT2D eigenvalue weighted by Gasteiger charge is 2.21. The summed E-state index contributed by atoms with van der Waals surface area (Å²) in [4.78, 5) is 25.6. The van der Waals surface area contributed by atoms with Gasteiger partial charge in [-0.1, -0.05) is 38.1 Å². The molecule has 0 saturated heterocycles. The van der Waals surface area contributed by atoms with Crippen molar-refractivity contribution < 1.29 is 19.1 Å². The van der Waals surface area contributed by atoms with Crippen molar-refractivity contribution in [2.45, 2.75) is 39.3 Å². The van der Waals surface area contributed by atoms with Crippen LogP contribution in [0.5, 0.6) is 11.5 Å². The molecule has 0 saturated carbocycles. The van der Waals surface area contributed by atoms with Crippen LogP contribution in [0.2, 0.25) is 0 Å². The molecule has 1 aromatic heterocycles. The Bertz CT molecular complexity index is 1270. The number of benzene rings is 2. The maximum absolute atomic E-state index is 13.0. The Morgan fingerprint density at radius 1 is 1.03 bits per heavy atom. The number of nitrogens with one attached hydrogen (secondary N) is 4. The van der Waals surface area contributed by atoms with Gasteiger partial charge in [-0.05, 0) is 47.7 Å². The third kappa shape index (κ3) is 7.83. The number of rotatable bonds is 11. The maximum atomic E-state index is 13.0. The Morgan fingerprint density at radius 2 is 1.79 bits per heavy atom. The normalized spacial score (nSPS) is 11.5. The molecule has 10 heteroatoms. The van der Waals surface area contributed by atoms with Crippen LogP contribution in [0.25, 0.3) is 11.3 Å². The number of ether oxygens (including phenoxy) is 2. The summed E-state index contributed by atoms with van der Waals surface area (Å²) in [5.74, 6) is 0.424. The van der Waals surface area contributed by atoms with E-state index in [1.54, 1.807) is 36.2 Å². The van der Waals surface area contributed by atoms with Gasteiger partial charge in [-0.25, -0.2) is 0 Å². The Kier molecular flexibility index (Phi) is 9.86. The summed E-state index contributed by atoms with van der Waals surface area (Å²) in [5, 5.41) is 20.8. The van der Waals surface area contributed by atoms with Crippen LogP contribution < -0.4 is 25.4 Å². The predicted molar refractivity (Wildman–Crippen MR) is 146 cm³/mol. The van der Waals surface area contributed by atoms with E-state index < -0.39 is 6.04 Å². The van der Waals surface area contributed by atoms with Gasteiger partial charge in [-0.2, -0.15) is 5.10 Å². The van der Waals surface area contributed by atoms with Crippen molar-refractivity contribution in [3.8, 4) is 22.8 Å². The molecule has 3 aromatic rings. The maximum Gasteiger partial charge on any atom is 0.242 e. The molecule has 4 N–H and O–H groups in total. The van der Waals surface area contributed by atoms with Crippen LogP contribution in [0.15, 0.2) is 54.7 Å². The molecule has 0 radical (unpaired) electrons. The lowest BCUT2D eigenvalue weighted by atomic mass is 10.0. The molecule has 0 bridgehead atoms. The molecule has 1 atom stereocenters. The smallest absolute Gasteiger partial charge is 0.242 e. The molecule has 3 rings (SSSR count). The summed E-state index contributed by atoms with van der Waals surface area (Å²) in [7, 11) is 4.95. The lowest BCUT2D eigenvalue weighted by Gasteiger charge is -2.22. The second kappa shape index (κ2) is 13.3. The molecular formula is C28H36N6O4. The molecule has 0 aliphatic heterocycles. The lowest BCUT2D eigenvalue weighted by molar-refractivity contribution is -0.123. The highest BCUT2D eigenvalue weighted by atomic mass is 16.5. The number of aryl methyl sites for hydroxylation is 1. The van der Waals surface area contributed by atoms with Crippen molar-refractivity contribution in [2.24, 2.45) is 13.0 Å². The zero-order valence-electron chi connectivity index (χ0n) is 22.5. The van der Waals surface area contributed by atoms with Crippen molar-refractivity contribution in [1.82, 2.24) is 25.7 Å². The van der Waals surface area contributed by atoms with Crippen molar-refractivity contribution in [1.29, 1.82) is 5.41 Å². The standard InChI is InChI=1S/C28H36N6O4/c1-18(2)13-22(27(36)30-17-20-7-6-8-21(14-20)23-11-12-31-34(23)3)32-28(29)33-26(35)16-19-9-10-24(37-4)25(15-19)38-5/h6-12,14-15,18,22H,13,16-17H2,1-5H3,(H,30,36)(H3,29,32,33,35)/t22-/m1/s1. The van der Waals surface area contributed by atoms with Crippen LogP contribution in [0.3, 0.4) is 0 Å². The van der Waals surface area contributed by atoms with Crippen LogP contribution in [0, 0.1) is 11.3 Å². The average molecular weight is 521 g/mol. The van der Waals surface area contributed by atoms with E-state index in [1.807, 2.05) is 51.2 Å². The second-order valence-corrected chi connectivity index (χ2v) is 9.37. The van der Waals surface area contributed by atoms with Gasteiger partial charge in [0.05, 0.1) is 26.3 Å². The van der Waals surface area contributed by atoms with Gasteiger partial charge in [0.15, 0.2) is 17.5 Å². The van der Waals surface area contributed by atoms with Gasteiger partial charge in [0.25, 0.3) is 0 Å². The zero-order valence-corrected chi connectivity index (χ0v) is 22.5. The molecule has 0 spiro atoms. The first-order chi connectivity index (χ1) is 18.2. The van der Waals surface area contributed by atoms with Gasteiger partial charge in [-0.15, -0.1) is 0 Å². The van der Waals surface area contributed by atoms with Crippen molar-refractivity contribution >= 4 is 17.8 Å². The number of hydrogen-bond acceptors (Lipinski definition) is 6. The number of carbonyl (C=O) groups is 2. The first-order valence-corrected chi connectivity index (χ1v) is 12.4. The molecule has 1 heterocycles. The lowest BCUT2D eigenvalue weighted by Crippen LogP contribution is -2.52. The quantitative estimate of drug-likeness (QED) is 0.227. The number of amides is 2. The number of hydrogen-bond donors (Lipinski definition) is 4. The molecule has 2 aromatic carbocycles. The fourth-order valence-corrected chi connectivity index (χ4v) is 4.08. The fraction of sp³-hybridized carbons (Fsp3) is 0.357. The van der Waals surface area contributed by atoms with Crippen molar-refractivity contribution in [3.05, 3.63) is 65.9 Å². The predicted octanol–water partition coefficient (Wildman–Crippen LogP) is 3.02. The number of nitrogens with zero attached hydrogens (tertiary/aromatic N) is 2. The Hall–Kier alpha value is -4.34. The van der Waals surface area contributed by atoms with Crippen LogP contribution in [0.4, 0.5) is 0 Å².